The van der Waals surface area contributed by atoms with Gasteiger partial charge in [0.2, 0.25) is 0 Å². The molecule has 5 heteroatoms. The summed E-state index contributed by atoms with van der Waals surface area (Å²) in [5.74, 6) is 2.19. The molecule has 0 heterocycles. The number of hydrogen-bond donors (Lipinski definition) is 1. The van der Waals surface area contributed by atoms with Crippen molar-refractivity contribution < 1.29 is 14.2 Å². The van der Waals surface area contributed by atoms with Gasteiger partial charge in [0.05, 0.1) is 24.8 Å². The second-order valence-corrected chi connectivity index (χ2v) is 5.99. The predicted octanol–water partition coefficient (Wildman–Crippen LogP) is 5.15. The van der Waals surface area contributed by atoms with Crippen LogP contribution in [0.4, 0.5) is 5.69 Å². The molecule has 0 aliphatic rings. The molecule has 0 unspecified atom stereocenters. The van der Waals surface area contributed by atoms with Gasteiger partial charge >= 0.3 is 0 Å². The molecule has 0 amide bonds. The number of hydrogen-bond acceptors (Lipinski definition) is 4. The van der Waals surface area contributed by atoms with E-state index in [9.17, 15) is 0 Å². The van der Waals surface area contributed by atoms with E-state index in [1.807, 2.05) is 57.2 Å². The van der Waals surface area contributed by atoms with Crippen LogP contribution in [0.5, 0.6) is 17.2 Å². The van der Waals surface area contributed by atoms with Gasteiger partial charge in [-0.1, -0.05) is 17.7 Å². The lowest BCUT2D eigenvalue weighted by Crippen LogP contribution is -2.08. The van der Waals surface area contributed by atoms with E-state index in [0.717, 1.165) is 22.7 Å². The zero-order valence-electron chi connectivity index (χ0n) is 14.6. The quantitative estimate of drug-likeness (QED) is 0.715. The molecule has 0 atom stereocenters. The molecule has 0 aromatic heterocycles. The monoisotopic (exact) mass is 349 g/mol. The van der Waals surface area contributed by atoms with Crippen LogP contribution in [0.1, 0.15) is 26.3 Å². The molecule has 4 nitrogen and oxygen atoms in total. The Labute approximate surface area is 148 Å². The van der Waals surface area contributed by atoms with Gasteiger partial charge in [-0.25, -0.2) is 0 Å². The molecular formula is C19H24ClNO3. The summed E-state index contributed by atoms with van der Waals surface area (Å²) in [5, 5.41) is 3.93. The van der Waals surface area contributed by atoms with E-state index < -0.39 is 0 Å². The fourth-order valence-corrected chi connectivity index (χ4v) is 2.52. The Bertz CT molecular complexity index is 674. The standard InChI is InChI=1S/C19H24ClNO3/c1-5-23-19-10-14(6-8-18(19)24-13(2)3)12-21-15-7-9-17(22-4)16(20)11-15/h6-11,13,21H,5,12H2,1-4H3. The summed E-state index contributed by atoms with van der Waals surface area (Å²) in [5.41, 5.74) is 2.03. The number of nitrogens with one attached hydrogen (secondary N) is 1. The first-order valence-corrected chi connectivity index (χ1v) is 8.41. The van der Waals surface area contributed by atoms with E-state index in [2.05, 4.69) is 5.32 Å². The maximum Gasteiger partial charge on any atom is 0.161 e. The maximum atomic E-state index is 6.15. The van der Waals surface area contributed by atoms with Crippen molar-refractivity contribution in [2.75, 3.05) is 19.0 Å². The van der Waals surface area contributed by atoms with Crippen molar-refractivity contribution in [2.24, 2.45) is 0 Å². The summed E-state index contributed by atoms with van der Waals surface area (Å²) >= 11 is 6.15. The minimum absolute atomic E-state index is 0.106. The number of halogens is 1. The second-order valence-electron chi connectivity index (χ2n) is 5.58. The summed E-state index contributed by atoms with van der Waals surface area (Å²) in [6.07, 6.45) is 0.106. The Morgan fingerprint density at radius 3 is 2.42 bits per heavy atom. The van der Waals surface area contributed by atoms with Crippen LogP contribution in [0.15, 0.2) is 36.4 Å². The Morgan fingerprint density at radius 2 is 1.79 bits per heavy atom. The first-order valence-electron chi connectivity index (χ1n) is 8.03. The van der Waals surface area contributed by atoms with Crippen LogP contribution in [0.25, 0.3) is 0 Å². The molecule has 1 N–H and O–H groups in total. The van der Waals surface area contributed by atoms with Crippen molar-refractivity contribution in [1.29, 1.82) is 0 Å². The molecular weight excluding hydrogens is 326 g/mol. The number of ether oxygens (including phenoxy) is 3. The predicted molar refractivity (Wildman–Crippen MR) is 98.7 cm³/mol. The zero-order chi connectivity index (χ0) is 17.5. The molecule has 0 saturated carbocycles. The Kier molecular flexibility index (Phi) is 6.62. The minimum Gasteiger partial charge on any atom is -0.495 e. The van der Waals surface area contributed by atoms with Gasteiger partial charge in [0.25, 0.3) is 0 Å². The fraction of sp³-hybridized carbons (Fsp3) is 0.368. The van der Waals surface area contributed by atoms with E-state index >= 15 is 0 Å². The lowest BCUT2D eigenvalue weighted by Gasteiger charge is -2.16. The maximum absolute atomic E-state index is 6.15. The third kappa shape index (κ3) is 4.96. The smallest absolute Gasteiger partial charge is 0.161 e. The molecule has 0 spiro atoms. The average molecular weight is 350 g/mol. The third-order valence-electron chi connectivity index (χ3n) is 3.32. The van der Waals surface area contributed by atoms with Gasteiger partial charge in [-0.3, -0.25) is 0 Å². The van der Waals surface area contributed by atoms with Gasteiger partial charge < -0.3 is 19.5 Å². The summed E-state index contributed by atoms with van der Waals surface area (Å²) in [4.78, 5) is 0. The van der Waals surface area contributed by atoms with Crippen LogP contribution in [-0.2, 0) is 6.54 Å². The minimum atomic E-state index is 0.106. The molecule has 0 bridgehead atoms. The van der Waals surface area contributed by atoms with Crippen molar-refractivity contribution in [1.82, 2.24) is 0 Å². The molecule has 0 aliphatic carbocycles. The van der Waals surface area contributed by atoms with Crippen LogP contribution in [0.3, 0.4) is 0 Å². The highest BCUT2D eigenvalue weighted by Gasteiger charge is 2.08. The summed E-state index contributed by atoms with van der Waals surface area (Å²) in [7, 11) is 1.60. The second kappa shape index (κ2) is 8.69. The lowest BCUT2D eigenvalue weighted by atomic mass is 10.2. The van der Waals surface area contributed by atoms with Gasteiger partial charge in [-0.2, -0.15) is 0 Å². The summed E-state index contributed by atoms with van der Waals surface area (Å²) < 4.78 is 16.6. The van der Waals surface area contributed by atoms with Gasteiger partial charge in [-0.15, -0.1) is 0 Å². The Balaban J connectivity index is 2.09. The molecule has 0 aliphatic heterocycles. The van der Waals surface area contributed by atoms with Gasteiger partial charge in [-0.05, 0) is 56.7 Å². The average Bonchev–Trinajstić information content (AvgIpc) is 2.55. The number of benzene rings is 2. The topological polar surface area (TPSA) is 39.7 Å². The Morgan fingerprint density at radius 1 is 1.04 bits per heavy atom. The highest BCUT2D eigenvalue weighted by atomic mass is 35.5. The number of anilines is 1. The summed E-state index contributed by atoms with van der Waals surface area (Å²) in [6, 6.07) is 11.6. The van der Waals surface area contributed by atoms with Crippen LogP contribution >= 0.6 is 11.6 Å². The molecule has 2 aromatic carbocycles. The molecule has 0 radical (unpaired) electrons. The van der Waals surface area contributed by atoms with Crippen molar-refractivity contribution >= 4 is 17.3 Å². The van der Waals surface area contributed by atoms with Gasteiger partial charge in [0.15, 0.2) is 11.5 Å². The SMILES string of the molecule is CCOc1cc(CNc2ccc(OC)c(Cl)c2)ccc1OC(C)C. The number of methoxy groups -OCH3 is 1. The molecule has 0 fully saturated rings. The molecule has 24 heavy (non-hydrogen) atoms. The molecule has 2 aromatic rings. The van der Waals surface area contributed by atoms with Crippen molar-refractivity contribution in [3.8, 4) is 17.2 Å². The molecule has 0 saturated heterocycles. The molecule has 2 rings (SSSR count). The first-order chi connectivity index (χ1) is 11.5. The largest absolute Gasteiger partial charge is 0.495 e. The van der Waals surface area contributed by atoms with Crippen molar-refractivity contribution in [3.05, 3.63) is 47.0 Å². The van der Waals surface area contributed by atoms with E-state index in [4.69, 9.17) is 25.8 Å². The van der Waals surface area contributed by atoms with Crippen LogP contribution < -0.4 is 19.5 Å². The van der Waals surface area contributed by atoms with Crippen LogP contribution in [0, 0.1) is 0 Å². The molecule has 130 valence electrons. The summed E-state index contributed by atoms with van der Waals surface area (Å²) in [6.45, 7) is 7.21. The van der Waals surface area contributed by atoms with Gasteiger partial charge in [0.1, 0.15) is 5.75 Å². The highest BCUT2D eigenvalue weighted by molar-refractivity contribution is 6.32. The third-order valence-corrected chi connectivity index (χ3v) is 3.61. The van der Waals surface area contributed by atoms with E-state index in [1.165, 1.54) is 0 Å². The first kappa shape index (κ1) is 18.3. The van der Waals surface area contributed by atoms with E-state index in [0.29, 0.717) is 23.9 Å². The van der Waals surface area contributed by atoms with E-state index in [-0.39, 0.29) is 6.10 Å². The lowest BCUT2D eigenvalue weighted by molar-refractivity contribution is 0.223. The van der Waals surface area contributed by atoms with E-state index in [1.54, 1.807) is 7.11 Å². The Hall–Kier alpha value is -2.07. The zero-order valence-corrected chi connectivity index (χ0v) is 15.3. The van der Waals surface area contributed by atoms with Crippen molar-refractivity contribution in [3.63, 3.8) is 0 Å². The van der Waals surface area contributed by atoms with Gasteiger partial charge in [0, 0.05) is 12.2 Å². The normalized spacial score (nSPS) is 10.6. The number of rotatable bonds is 8. The van der Waals surface area contributed by atoms with Crippen molar-refractivity contribution in [2.45, 2.75) is 33.4 Å². The van der Waals surface area contributed by atoms with Crippen LogP contribution in [-0.4, -0.2) is 19.8 Å². The highest BCUT2D eigenvalue weighted by Crippen LogP contribution is 2.30. The fourth-order valence-electron chi connectivity index (χ4n) is 2.26. The van der Waals surface area contributed by atoms with Crippen LogP contribution in [0.2, 0.25) is 5.02 Å².